The molecule has 0 aliphatic heterocycles. The Bertz CT molecular complexity index is 419. The summed E-state index contributed by atoms with van der Waals surface area (Å²) in [6.07, 6.45) is 0.0952. The number of carboxylic acid groups (broad SMARTS) is 1. The Morgan fingerprint density at radius 3 is 1.95 bits per heavy atom. The van der Waals surface area contributed by atoms with Crippen LogP contribution in [-0.4, -0.2) is 41.1 Å². The van der Waals surface area contributed by atoms with E-state index in [4.69, 9.17) is 5.11 Å². The molecule has 3 N–H and O–H groups in total. The summed E-state index contributed by atoms with van der Waals surface area (Å²) in [6.45, 7) is 1.64. The van der Waals surface area contributed by atoms with Gasteiger partial charge in [-0.1, -0.05) is 6.92 Å². The lowest BCUT2D eigenvalue weighted by Crippen LogP contribution is -2.38. The van der Waals surface area contributed by atoms with Gasteiger partial charge in [-0.25, -0.2) is 0 Å². The molecule has 21 heavy (non-hydrogen) atoms. The molecule has 0 unspecified atom stereocenters. The standard InChI is InChI=1S/C13H20N2O6/c1-2-3-9(16)6-10(17)4-5-11(18)14-8-15-12(19)7-13(20)21/h2-8H2,1H3,(H,14,18)(H,15,19)(H,20,21). The second kappa shape index (κ2) is 10.5. The van der Waals surface area contributed by atoms with Gasteiger partial charge >= 0.3 is 5.97 Å². The van der Waals surface area contributed by atoms with E-state index in [1.54, 1.807) is 0 Å². The molecule has 0 aliphatic rings. The first-order chi connectivity index (χ1) is 9.85. The van der Waals surface area contributed by atoms with Crippen LogP contribution in [0.2, 0.25) is 0 Å². The van der Waals surface area contributed by atoms with Gasteiger partial charge in [0.15, 0.2) is 0 Å². The molecule has 0 bridgehead atoms. The Morgan fingerprint density at radius 2 is 1.38 bits per heavy atom. The molecule has 2 amide bonds. The summed E-state index contributed by atoms with van der Waals surface area (Å²) in [6, 6.07) is 0. The molecule has 8 heteroatoms. The zero-order valence-electron chi connectivity index (χ0n) is 11.9. The fourth-order valence-electron chi connectivity index (χ4n) is 1.46. The first-order valence-corrected chi connectivity index (χ1v) is 6.63. The third kappa shape index (κ3) is 11.3. The number of rotatable bonds is 11. The van der Waals surface area contributed by atoms with E-state index < -0.39 is 24.2 Å². The summed E-state index contributed by atoms with van der Waals surface area (Å²) in [5, 5.41) is 12.8. The van der Waals surface area contributed by atoms with Gasteiger partial charge in [-0.2, -0.15) is 0 Å². The Hall–Kier alpha value is -2.25. The number of carboxylic acids is 1. The van der Waals surface area contributed by atoms with Crippen LogP contribution in [0.3, 0.4) is 0 Å². The van der Waals surface area contributed by atoms with Crippen molar-refractivity contribution < 1.29 is 29.1 Å². The molecule has 0 saturated carbocycles. The summed E-state index contributed by atoms with van der Waals surface area (Å²) in [5.41, 5.74) is 0. The van der Waals surface area contributed by atoms with Crippen LogP contribution in [0.25, 0.3) is 0 Å². The molecule has 0 aromatic rings. The van der Waals surface area contributed by atoms with Crippen molar-refractivity contribution in [3.05, 3.63) is 0 Å². The van der Waals surface area contributed by atoms with Crippen LogP contribution in [0.1, 0.15) is 45.4 Å². The second-order valence-electron chi connectivity index (χ2n) is 4.45. The highest BCUT2D eigenvalue weighted by molar-refractivity contribution is 6.00. The Kier molecular flexibility index (Phi) is 9.40. The summed E-state index contributed by atoms with van der Waals surface area (Å²) >= 11 is 0. The fourth-order valence-corrected chi connectivity index (χ4v) is 1.46. The molecule has 0 fully saturated rings. The number of hydrogen-bond donors (Lipinski definition) is 3. The zero-order valence-corrected chi connectivity index (χ0v) is 11.9. The van der Waals surface area contributed by atoms with Gasteiger partial charge < -0.3 is 15.7 Å². The van der Waals surface area contributed by atoms with Crippen molar-refractivity contribution in [2.24, 2.45) is 0 Å². The van der Waals surface area contributed by atoms with E-state index in [2.05, 4.69) is 10.6 Å². The average molecular weight is 300 g/mol. The van der Waals surface area contributed by atoms with Crippen LogP contribution in [0, 0.1) is 0 Å². The van der Waals surface area contributed by atoms with Crippen molar-refractivity contribution in [1.82, 2.24) is 10.6 Å². The minimum absolute atomic E-state index is 0.0373. The van der Waals surface area contributed by atoms with Gasteiger partial charge in [0.1, 0.15) is 18.0 Å². The maximum absolute atomic E-state index is 11.4. The monoisotopic (exact) mass is 300 g/mol. The van der Waals surface area contributed by atoms with Crippen molar-refractivity contribution in [1.29, 1.82) is 0 Å². The summed E-state index contributed by atoms with van der Waals surface area (Å²) in [4.78, 5) is 55.1. The van der Waals surface area contributed by atoms with E-state index in [-0.39, 0.29) is 37.5 Å². The second-order valence-corrected chi connectivity index (χ2v) is 4.45. The van der Waals surface area contributed by atoms with Crippen molar-refractivity contribution in [2.45, 2.75) is 45.4 Å². The first kappa shape index (κ1) is 18.8. The van der Waals surface area contributed by atoms with Gasteiger partial charge in [-0.15, -0.1) is 0 Å². The summed E-state index contributed by atoms with van der Waals surface area (Å²) in [7, 11) is 0. The number of carbonyl (C=O) groups excluding carboxylic acids is 4. The van der Waals surface area contributed by atoms with Crippen molar-refractivity contribution in [2.75, 3.05) is 6.67 Å². The molecule has 0 heterocycles. The quantitative estimate of drug-likeness (QED) is 0.356. The Balaban J connectivity index is 3.75. The average Bonchev–Trinajstić information content (AvgIpc) is 2.35. The Labute approximate surface area is 122 Å². The van der Waals surface area contributed by atoms with Gasteiger partial charge in [-0.05, 0) is 6.42 Å². The lowest BCUT2D eigenvalue weighted by Gasteiger charge is -2.06. The molecule has 0 aromatic carbocycles. The lowest BCUT2D eigenvalue weighted by molar-refractivity contribution is -0.140. The topological polar surface area (TPSA) is 130 Å². The highest BCUT2D eigenvalue weighted by Crippen LogP contribution is 2.00. The number of hydrogen-bond acceptors (Lipinski definition) is 5. The fraction of sp³-hybridized carbons (Fsp3) is 0.615. The smallest absolute Gasteiger partial charge is 0.312 e. The normalized spacial score (nSPS) is 9.76. The molecule has 0 aromatic heterocycles. The zero-order chi connectivity index (χ0) is 16.3. The van der Waals surface area contributed by atoms with Crippen molar-refractivity contribution >= 4 is 29.4 Å². The number of Topliss-reactive ketones (excluding diaryl/α,β-unsaturated/α-hetero) is 2. The van der Waals surface area contributed by atoms with E-state index in [1.165, 1.54) is 0 Å². The molecule has 0 rings (SSSR count). The number of nitrogens with one attached hydrogen (secondary N) is 2. The number of amides is 2. The molecule has 0 spiro atoms. The van der Waals surface area contributed by atoms with E-state index in [9.17, 15) is 24.0 Å². The van der Waals surface area contributed by atoms with Crippen LogP contribution in [0.4, 0.5) is 0 Å². The van der Waals surface area contributed by atoms with Crippen LogP contribution < -0.4 is 10.6 Å². The third-order valence-electron chi connectivity index (χ3n) is 2.44. The molecule has 0 saturated heterocycles. The highest BCUT2D eigenvalue weighted by atomic mass is 16.4. The predicted octanol–water partition coefficient (Wildman–Crippen LogP) is -0.240. The van der Waals surface area contributed by atoms with Crippen LogP contribution in [0.15, 0.2) is 0 Å². The molecule has 0 aliphatic carbocycles. The molecular weight excluding hydrogens is 280 g/mol. The van der Waals surface area contributed by atoms with Crippen LogP contribution >= 0.6 is 0 Å². The minimum atomic E-state index is -1.26. The summed E-state index contributed by atoms with van der Waals surface area (Å²) in [5.74, 6) is -2.87. The first-order valence-electron chi connectivity index (χ1n) is 6.63. The number of carbonyl (C=O) groups is 5. The largest absolute Gasteiger partial charge is 0.481 e. The highest BCUT2D eigenvalue weighted by Gasteiger charge is 2.11. The third-order valence-corrected chi connectivity index (χ3v) is 2.44. The molecule has 0 radical (unpaired) electrons. The molecule has 8 nitrogen and oxygen atoms in total. The van der Waals surface area contributed by atoms with E-state index in [1.807, 2.05) is 6.92 Å². The Morgan fingerprint density at radius 1 is 0.810 bits per heavy atom. The van der Waals surface area contributed by atoms with Crippen LogP contribution in [-0.2, 0) is 24.0 Å². The van der Waals surface area contributed by atoms with Gasteiger partial charge in [0.2, 0.25) is 11.8 Å². The maximum atomic E-state index is 11.4. The van der Waals surface area contributed by atoms with Gasteiger partial charge in [0.05, 0.1) is 13.1 Å². The van der Waals surface area contributed by atoms with Crippen LogP contribution in [0.5, 0.6) is 0 Å². The summed E-state index contributed by atoms with van der Waals surface area (Å²) < 4.78 is 0. The number of aliphatic carboxylic acids is 1. The SMILES string of the molecule is CCCC(=O)CC(=O)CCC(=O)NCNC(=O)CC(=O)O. The van der Waals surface area contributed by atoms with Crippen molar-refractivity contribution in [3.8, 4) is 0 Å². The lowest BCUT2D eigenvalue weighted by atomic mass is 10.1. The van der Waals surface area contributed by atoms with E-state index >= 15 is 0 Å². The van der Waals surface area contributed by atoms with E-state index in [0.717, 1.165) is 0 Å². The number of ketones is 2. The van der Waals surface area contributed by atoms with Gasteiger partial charge in [-0.3, -0.25) is 24.0 Å². The predicted molar refractivity (Wildman–Crippen MR) is 72.2 cm³/mol. The van der Waals surface area contributed by atoms with E-state index in [0.29, 0.717) is 12.8 Å². The minimum Gasteiger partial charge on any atom is -0.481 e. The molecular formula is C13H20N2O6. The van der Waals surface area contributed by atoms with Crippen molar-refractivity contribution in [3.63, 3.8) is 0 Å². The van der Waals surface area contributed by atoms with Gasteiger partial charge in [0, 0.05) is 19.3 Å². The molecule has 118 valence electrons. The maximum Gasteiger partial charge on any atom is 0.312 e. The van der Waals surface area contributed by atoms with Gasteiger partial charge in [0.25, 0.3) is 0 Å². The molecule has 0 atom stereocenters.